The van der Waals surface area contributed by atoms with Crippen LogP contribution in [0, 0.1) is 0 Å². The van der Waals surface area contributed by atoms with Gasteiger partial charge in [-0.25, -0.2) is 4.57 Å². The summed E-state index contributed by atoms with van der Waals surface area (Å²) < 4.78 is 8.88. The molecule has 0 aromatic carbocycles. The summed E-state index contributed by atoms with van der Waals surface area (Å²) in [6.07, 6.45) is 0. The van der Waals surface area contributed by atoms with Gasteiger partial charge in [-0.1, -0.05) is 0 Å². The first-order chi connectivity index (χ1) is 2.00. The van der Waals surface area contributed by atoms with Gasteiger partial charge in [0.05, 0.1) is 0 Å². The molecule has 0 atom stereocenters. The molecule has 0 aliphatic rings. The zero-order valence-electron chi connectivity index (χ0n) is 5.31. The molecule has 0 amide bonds. The van der Waals surface area contributed by atoms with Gasteiger partial charge < -0.3 is 17.5 Å². The van der Waals surface area contributed by atoms with Gasteiger partial charge in [0.2, 0.25) is 0 Å². The smallest absolute Gasteiger partial charge is 1.00 e. The van der Waals surface area contributed by atoms with Crippen LogP contribution in [-0.4, -0.2) is 52.4 Å². The van der Waals surface area contributed by atoms with E-state index in [0.29, 0.717) is 0 Å². The average molecular weight is 160 g/mol. The molecule has 7 heavy (non-hydrogen) atoms. The predicted octanol–water partition coefficient (Wildman–Crippen LogP) is -0.932. The molecule has 0 bridgehead atoms. The molecule has 0 saturated heterocycles. The summed E-state index contributed by atoms with van der Waals surface area (Å²) >= 11 is 0. The number of hydrogen-bond acceptors (Lipinski definition) is 1. The van der Waals surface area contributed by atoms with Gasteiger partial charge in [0.1, 0.15) is 0 Å². The van der Waals surface area contributed by atoms with Crippen molar-refractivity contribution in [3.63, 3.8) is 0 Å². The van der Waals surface area contributed by atoms with Crippen LogP contribution in [0.2, 0.25) is 0 Å². The van der Waals surface area contributed by atoms with Gasteiger partial charge in [-0.2, -0.15) is 0 Å². The van der Waals surface area contributed by atoms with Crippen molar-refractivity contribution in [2.24, 2.45) is 0 Å². The fourth-order valence-corrected chi connectivity index (χ4v) is 0. The molecule has 0 aliphatic heterocycles. The number of rotatable bonds is 0. The van der Waals surface area contributed by atoms with Crippen molar-refractivity contribution >= 4 is 45.6 Å². The topological polar surface area (TPSA) is 77.8 Å². The third-order valence-corrected chi connectivity index (χ3v) is 0. The van der Waals surface area contributed by atoms with E-state index >= 15 is 0 Å². The summed E-state index contributed by atoms with van der Waals surface area (Å²) in [6.45, 7) is 0. The minimum atomic E-state index is -4.64. The van der Waals surface area contributed by atoms with Crippen molar-refractivity contribution in [2.75, 3.05) is 0 Å². The van der Waals surface area contributed by atoms with Crippen LogP contribution in [0.3, 0.4) is 0 Å². The van der Waals surface area contributed by atoms with Crippen molar-refractivity contribution < 1.29 is 26.8 Å². The zero-order chi connectivity index (χ0) is 4.50. The van der Waals surface area contributed by atoms with Crippen LogP contribution in [0.1, 0.15) is 2.85 Å². The summed E-state index contributed by atoms with van der Waals surface area (Å²) in [5.41, 5.74) is 0. The zero-order valence-corrected chi connectivity index (χ0v) is 6.42. The molecular weight excluding hydrogens is 154 g/mol. The Morgan fingerprint density at radius 1 is 1.29 bits per heavy atom. The standard InChI is InChI=1S/Ca.FH.H3O4P.2H/c;;1-5(2,3)4;;/h;1H;(H3,1,2,3,4);;/q+2;;;2*-1. The molecule has 7 heteroatoms. The second-order valence-electron chi connectivity index (χ2n) is 0.513. The Bertz CT molecular complexity index is 64.7. The van der Waals surface area contributed by atoms with Crippen LogP contribution in [0.15, 0.2) is 0 Å². The van der Waals surface area contributed by atoms with Gasteiger partial charge in [-0.05, 0) is 0 Å². The molecule has 0 fully saturated rings. The van der Waals surface area contributed by atoms with Crippen molar-refractivity contribution in [1.29, 1.82) is 0 Å². The maximum atomic E-state index is 8.88. The summed E-state index contributed by atoms with van der Waals surface area (Å²) in [4.78, 5) is 21.6. The van der Waals surface area contributed by atoms with Gasteiger partial charge in [0, 0.05) is 0 Å². The second kappa shape index (κ2) is 5.44. The van der Waals surface area contributed by atoms with E-state index in [1.807, 2.05) is 0 Å². The average Bonchev–Trinajstić information content (AvgIpc) is 0.722. The van der Waals surface area contributed by atoms with E-state index in [-0.39, 0.29) is 45.3 Å². The van der Waals surface area contributed by atoms with Crippen LogP contribution >= 0.6 is 7.82 Å². The number of halogens is 1. The first-order valence-corrected chi connectivity index (χ1v) is 2.35. The van der Waals surface area contributed by atoms with Crippen LogP contribution < -0.4 is 0 Å². The van der Waals surface area contributed by atoms with Crippen molar-refractivity contribution in [2.45, 2.75) is 0 Å². The molecule has 3 N–H and O–H groups in total. The van der Waals surface area contributed by atoms with E-state index in [2.05, 4.69) is 0 Å². The Hall–Kier alpha value is 1.30. The van der Waals surface area contributed by atoms with Gasteiger partial charge in [0.15, 0.2) is 0 Å². The molecule has 0 radical (unpaired) electrons. The number of phosphoric acid groups is 1. The minimum absolute atomic E-state index is 0. The largest absolute Gasteiger partial charge is 2.00 e. The Morgan fingerprint density at radius 2 is 1.29 bits per heavy atom. The quantitative estimate of drug-likeness (QED) is 0.316. The van der Waals surface area contributed by atoms with E-state index in [1.165, 1.54) is 0 Å². The fraction of sp³-hybridized carbons (Fsp3) is 0. The van der Waals surface area contributed by atoms with E-state index in [0.717, 1.165) is 0 Å². The van der Waals surface area contributed by atoms with E-state index in [4.69, 9.17) is 19.2 Å². The molecule has 4 nitrogen and oxygen atoms in total. The second-order valence-corrected chi connectivity index (χ2v) is 1.54. The van der Waals surface area contributed by atoms with Crippen molar-refractivity contribution in [3.8, 4) is 0 Å². The van der Waals surface area contributed by atoms with E-state index in [1.54, 1.807) is 0 Å². The maximum absolute atomic E-state index is 8.88. The fourth-order valence-electron chi connectivity index (χ4n) is 0. The van der Waals surface area contributed by atoms with Gasteiger partial charge in [-0.3, -0.25) is 4.70 Å². The third-order valence-electron chi connectivity index (χ3n) is 0. The van der Waals surface area contributed by atoms with Gasteiger partial charge >= 0.3 is 45.6 Å². The van der Waals surface area contributed by atoms with E-state index in [9.17, 15) is 0 Å². The van der Waals surface area contributed by atoms with Crippen LogP contribution in [-0.2, 0) is 4.57 Å². The monoisotopic (exact) mass is 160 g/mol. The molecule has 0 aliphatic carbocycles. The predicted molar refractivity (Wildman–Crippen MR) is 24.7 cm³/mol. The summed E-state index contributed by atoms with van der Waals surface area (Å²) in [5, 5.41) is 0. The first-order valence-electron chi connectivity index (χ1n) is 0.783. The first kappa shape index (κ1) is 15.7. The Kier molecular flexibility index (Phi) is 12.2. The Labute approximate surface area is 72.1 Å². The molecule has 0 rings (SSSR count). The number of hydrogen-bond donors (Lipinski definition) is 3. The third kappa shape index (κ3) is 121. The SMILES string of the molecule is F.O=P(O)(O)O.[Ca+2].[H-].[H-]. The molecule has 44 valence electrons. The molecule has 0 aromatic heterocycles. The molecule has 0 aromatic rings. The Balaban J connectivity index is -0.0000000133. The van der Waals surface area contributed by atoms with Crippen LogP contribution in [0.4, 0.5) is 4.70 Å². The summed E-state index contributed by atoms with van der Waals surface area (Å²) in [7, 11) is -4.64. The molecule has 0 heterocycles. The van der Waals surface area contributed by atoms with Gasteiger partial charge in [0.25, 0.3) is 0 Å². The van der Waals surface area contributed by atoms with Crippen molar-refractivity contribution in [1.82, 2.24) is 0 Å². The van der Waals surface area contributed by atoms with Crippen LogP contribution in [0.25, 0.3) is 0 Å². The summed E-state index contributed by atoms with van der Waals surface area (Å²) in [6, 6.07) is 0. The van der Waals surface area contributed by atoms with Gasteiger partial charge in [-0.15, -0.1) is 0 Å². The Morgan fingerprint density at radius 3 is 1.29 bits per heavy atom. The molecule has 0 unspecified atom stereocenters. The normalized spacial score (nSPS) is 8.43. The molecular formula is H6CaFO4P. The molecule has 0 saturated carbocycles. The summed E-state index contributed by atoms with van der Waals surface area (Å²) in [5.74, 6) is 0. The van der Waals surface area contributed by atoms with E-state index < -0.39 is 7.82 Å². The molecule has 0 spiro atoms. The minimum Gasteiger partial charge on any atom is -1.00 e. The maximum Gasteiger partial charge on any atom is 2.00 e. The van der Waals surface area contributed by atoms with Crippen molar-refractivity contribution in [3.05, 3.63) is 0 Å². The van der Waals surface area contributed by atoms with Crippen LogP contribution in [0.5, 0.6) is 0 Å².